The number of ether oxygens (including phenoxy) is 1. The second kappa shape index (κ2) is 6.72. The van der Waals surface area contributed by atoms with Crippen LogP contribution in [-0.2, 0) is 10.0 Å². The van der Waals surface area contributed by atoms with E-state index >= 15 is 0 Å². The average Bonchev–Trinajstić information content (AvgIpc) is 2.74. The van der Waals surface area contributed by atoms with E-state index in [2.05, 4.69) is 9.88 Å². The number of nitrogens with zero attached hydrogens (tertiary/aromatic N) is 3. The van der Waals surface area contributed by atoms with E-state index in [-0.39, 0.29) is 10.9 Å². The maximum absolute atomic E-state index is 12.7. The summed E-state index contributed by atoms with van der Waals surface area (Å²) in [4.78, 5) is 6.32. The van der Waals surface area contributed by atoms with Crippen molar-refractivity contribution in [2.24, 2.45) is 0 Å². The largest absolute Gasteiger partial charge is 0.481 e. The predicted molar refractivity (Wildman–Crippen MR) is 80.9 cm³/mol. The molecule has 1 aromatic heterocycles. The summed E-state index contributed by atoms with van der Waals surface area (Å²) in [6, 6.07) is 3.39. The highest BCUT2D eigenvalue weighted by molar-refractivity contribution is 7.89. The fraction of sp³-hybridized carbons (Fsp3) is 0.643. The first-order valence-corrected chi connectivity index (χ1v) is 8.56. The van der Waals surface area contributed by atoms with E-state index in [0.29, 0.717) is 19.0 Å². The molecule has 0 radical (unpaired) electrons. The van der Waals surface area contributed by atoms with Crippen molar-refractivity contribution in [3.8, 4) is 5.88 Å². The Morgan fingerprint density at radius 2 is 2.10 bits per heavy atom. The third kappa shape index (κ3) is 3.72. The number of methoxy groups -OCH3 is 1. The summed E-state index contributed by atoms with van der Waals surface area (Å²) in [5, 5.41) is 0. The van der Waals surface area contributed by atoms with Crippen LogP contribution in [0.5, 0.6) is 5.88 Å². The van der Waals surface area contributed by atoms with Gasteiger partial charge in [0, 0.05) is 25.2 Å². The van der Waals surface area contributed by atoms with Gasteiger partial charge in [-0.25, -0.2) is 13.4 Å². The number of rotatable bonds is 4. The van der Waals surface area contributed by atoms with Gasteiger partial charge in [0.2, 0.25) is 15.9 Å². The summed E-state index contributed by atoms with van der Waals surface area (Å²) in [7, 11) is 2.01. The van der Waals surface area contributed by atoms with E-state index in [1.165, 1.54) is 13.3 Å². The van der Waals surface area contributed by atoms with E-state index in [9.17, 15) is 8.42 Å². The molecule has 1 saturated heterocycles. The van der Waals surface area contributed by atoms with Crippen molar-refractivity contribution < 1.29 is 13.2 Å². The minimum Gasteiger partial charge on any atom is -0.481 e. The van der Waals surface area contributed by atoms with E-state index in [1.54, 1.807) is 16.4 Å². The number of hydrogen-bond donors (Lipinski definition) is 0. The van der Waals surface area contributed by atoms with Crippen LogP contribution in [0.15, 0.2) is 23.2 Å². The molecule has 1 fully saturated rings. The van der Waals surface area contributed by atoms with Crippen molar-refractivity contribution >= 4 is 10.0 Å². The third-order valence-corrected chi connectivity index (χ3v) is 5.74. The molecular weight excluding hydrogens is 290 g/mol. The molecule has 1 aliphatic heterocycles. The monoisotopic (exact) mass is 313 g/mol. The minimum absolute atomic E-state index is 0.225. The van der Waals surface area contributed by atoms with Crippen LogP contribution in [-0.4, -0.2) is 62.9 Å². The average molecular weight is 313 g/mol. The maximum Gasteiger partial charge on any atom is 0.244 e. The van der Waals surface area contributed by atoms with E-state index in [0.717, 1.165) is 19.3 Å². The van der Waals surface area contributed by atoms with Gasteiger partial charge >= 0.3 is 0 Å². The molecule has 0 spiro atoms. The van der Waals surface area contributed by atoms with E-state index in [4.69, 9.17) is 4.74 Å². The highest BCUT2D eigenvalue weighted by Crippen LogP contribution is 2.22. The van der Waals surface area contributed by atoms with Crippen molar-refractivity contribution in [1.82, 2.24) is 14.2 Å². The van der Waals surface area contributed by atoms with Gasteiger partial charge in [0.1, 0.15) is 4.90 Å². The topological polar surface area (TPSA) is 62.7 Å². The van der Waals surface area contributed by atoms with Crippen molar-refractivity contribution in [1.29, 1.82) is 0 Å². The van der Waals surface area contributed by atoms with Crippen LogP contribution in [0.4, 0.5) is 0 Å². The lowest BCUT2D eigenvalue weighted by molar-refractivity contribution is 0.248. The molecule has 0 amide bonds. The summed E-state index contributed by atoms with van der Waals surface area (Å²) in [5.74, 6) is 0.413. The van der Waals surface area contributed by atoms with Crippen molar-refractivity contribution in [3.63, 3.8) is 0 Å². The molecule has 0 bridgehead atoms. The first kappa shape index (κ1) is 16.2. The third-order valence-electron chi connectivity index (χ3n) is 3.90. The van der Waals surface area contributed by atoms with Crippen LogP contribution >= 0.6 is 0 Å². The van der Waals surface area contributed by atoms with E-state index in [1.807, 2.05) is 14.1 Å². The Kier molecular flexibility index (Phi) is 5.18. The standard InChI is InChI=1S/C14H23N3O3S/c1-16(2)12-6-4-5-9-17(11-12)21(18,19)13-7-8-14(20-3)15-10-13/h7-8,10,12H,4-6,9,11H2,1-3H3/t12-/m0/s1. The number of sulfonamides is 1. The van der Waals surface area contributed by atoms with Gasteiger partial charge in [0.25, 0.3) is 0 Å². The first-order valence-electron chi connectivity index (χ1n) is 7.12. The zero-order valence-electron chi connectivity index (χ0n) is 12.8. The van der Waals surface area contributed by atoms with Crippen LogP contribution in [0.1, 0.15) is 19.3 Å². The Balaban J connectivity index is 2.23. The molecule has 7 heteroatoms. The van der Waals surface area contributed by atoms with Crippen LogP contribution < -0.4 is 4.74 Å². The van der Waals surface area contributed by atoms with Crippen LogP contribution in [0.3, 0.4) is 0 Å². The zero-order valence-corrected chi connectivity index (χ0v) is 13.6. The number of hydrogen-bond acceptors (Lipinski definition) is 5. The number of pyridine rings is 1. The summed E-state index contributed by atoms with van der Waals surface area (Å²) in [6.45, 7) is 1.10. The number of likely N-dealkylation sites (N-methyl/N-ethyl adjacent to an activating group) is 1. The molecule has 1 aromatic rings. The second-order valence-electron chi connectivity index (χ2n) is 5.51. The van der Waals surface area contributed by atoms with Gasteiger partial charge in [-0.15, -0.1) is 0 Å². The van der Waals surface area contributed by atoms with Crippen molar-refractivity contribution in [2.75, 3.05) is 34.3 Å². The van der Waals surface area contributed by atoms with Crippen LogP contribution in [0, 0.1) is 0 Å². The Bertz CT molecular complexity index is 557. The highest BCUT2D eigenvalue weighted by atomic mass is 32.2. The van der Waals surface area contributed by atoms with Gasteiger partial charge in [-0.3, -0.25) is 0 Å². The highest BCUT2D eigenvalue weighted by Gasteiger charge is 2.29. The molecule has 0 aromatic carbocycles. The summed E-state index contributed by atoms with van der Waals surface area (Å²) in [5.41, 5.74) is 0. The Labute approximate surface area is 126 Å². The van der Waals surface area contributed by atoms with Gasteiger partial charge in [-0.2, -0.15) is 4.31 Å². The Hall–Kier alpha value is -1.18. The van der Waals surface area contributed by atoms with E-state index < -0.39 is 10.0 Å². The Morgan fingerprint density at radius 3 is 2.67 bits per heavy atom. The van der Waals surface area contributed by atoms with Gasteiger partial charge < -0.3 is 9.64 Å². The van der Waals surface area contributed by atoms with Gasteiger partial charge in [0.15, 0.2) is 0 Å². The lowest BCUT2D eigenvalue weighted by atomic mass is 10.1. The molecule has 118 valence electrons. The zero-order chi connectivity index (χ0) is 15.5. The maximum atomic E-state index is 12.7. The minimum atomic E-state index is -3.49. The molecule has 2 heterocycles. The number of aromatic nitrogens is 1. The SMILES string of the molecule is COc1ccc(S(=O)(=O)N2CCCC[C@H](N(C)C)C2)cn1. The fourth-order valence-corrected chi connectivity index (χ4v) is 3.98. The molecular formula is C14H23N3O3S. The molecule has 21 heavy (non-hydrogen) atoms. The van der Waals surface area contributed by atoms with Crippen LogP contribution in [0.2, 0.25) is 0 Å². The van der Waals surface area contributed by atoms with Crippen LogP contribution in [0.25, 0.3) is 0 Å². The predicted octanol–water partition coefficient (Wildman–Crippen LogP) is 1.19. The molecule has 0 saturated carbocycles. The molecule has 2 rings (SSSR count). The quantitative estimate of drug-likeness (QED) is 0.836. The first-order chi connectivity index (χ1) is 9.95. The second-order valence-corrected chi connectivity index (χ2v) is 7.45. The van der Waals surface area contributed by atoms with Gasteiger partial charge in [-0.1, -0.05) is 6.42 Å². The lowest BCUT2D eigenvalue weighted by Gasteiger charge is -2.27. The summed E-state index contributed by atoms with van der Waals surface area (Å²) >= 11 is 0. The smallest absolute Gasteiger partial charge is 0.244 e. The van der Waals surface area contributed by atoms with Gasteiger partial charge in [0.05, 0.1) is 13.3 Å². The Morgan fingerprint density at radius 1 is 1.33 bits per heavy atom. The fourth-order valence-electron chi connectivity index (χ4n) is 2.51. The molecule has 6 nitrogen and oxygen atoms in total. The van der Waals surface area contributed by atoms with Crippen molar-refractivity contribution in [3.05, 3.63) is 18.3 Å². The molecule has 0 N–H and O–H groups in total. The van der Waals surface area contributed by atoms with Crippen molar-refractivity contribution in [2.45, 2.75) is 30.2 Å². The molecule has 1 aliphatic rings. The van der Waals surface area contributed by atoms with Gasteiger partial charge in [-0.05, 0) is 33.0 Å². The summed E-state index contributed by atoms with van der Waals surface area (Å²) in [6.07, 6.45) is 4.34. The normalized spacial score (nSPS) is 21.2. The lowest BCUT2D eigenvalue weighted by Crippen LogP contribution is -2.41. The summed E-state index contributed by atoms with van der Waals surface area (Å²) < 4.78 is 32.0. The molecule has 0 unspecified atom stereocenters. The molecule has 1 atom stereocenters. The molecule has 0 aliphatic carbocycles.